The molecular weight excluding hydrogens is 529 g/mol. The summed E-state index contributed by atoms with van der Waals surface area (Å²) in [7, 11) is 1.40. The number of nitrogens with zero attached hydrogens (tertiary/aromatic N) is 4. The summed E-state index contributed by atoms with van der Waals surface area (Å²) in [5.41, 5.74) is -1.97. The Labute approximate surface area is 208 Å². The van der Waals surface area contributed by atoms with Gasteiger partial charge in [-0.15, -0.1) is 0 Å². The number of fused-ring (bicyclic) bond motifs is 1. The van der Waals surface area contributed by atoms with E-state index in [1.807, 2.05) is 4.98 Å². The average molecular weight is 546 g/mol. The van der Waals surface area contributed by atoms with E-state index in [4.69, 9.17) is 16.3 Å². The van der Waals surface area contributed by atoms with Gasteiger partial charge in [-0.05, 0) is 11.6 Å². The molecule has 0 saturated heterocycles. The van der Waals surface area contributed by atoms with Crippen LogP contribution in [-0.2, 0) is 20.2 Å². The standard InChI is InChI=1S/C22H17ClF5N5O4/c1-32-15-18(33(21(36)31-19(15)35)8-14(34)22(26,27)28)30-17(32)12-6-13(23)20(29-7-12)37-9-10-2-4-11(5-3-10)16(24)25/h2-7,14,16,34H,8-9H2,1H3,(H,31,35,36). The van der Waals surface area contributed by atoms with Crippen LogP contribution in [0.2, 0.25) is 5.02 Å². The lowest BCUT2D eigenvalue weighted by Crippen LogP contribution is -2.39. The first-order valence-corrected chi connectivity index (χ1v) is 10.8. The van der Waals surface area contributed by atoms with Crippen molar-refractivity contribution in [2.45, 2.75) is 31.9 Å². The fourth-order valence-corrected chi connectivity index (χ4v) is 3.74. The monoisotopic (exact) mass is 545 g/mol. The maximum absolute atomic E-state index is 12.9. The number of H-pyrrole nitrogens is 1. The molecule has 0 amide bonds. The summed E-state index contributed by atoms with van der Waals surface area (Å²) in [6.07, 6.45) is -9.19. The number of nitrogens with one attached hydrogen (secondary N) is 1. The number of pyridine rings is 1. The first-order valence-electron chi connectivity index (χ1n) is 10.5. The number of imidazole rings is 1. The highest BCUT2D eigenvalue weighted by Crippen LogP contribution is 2.30. The van der Waals surface area contributed by atoms with Gasteiger partial charge in [0.15, 0.2) is 17.3 Å². The van der Waals surface area contributed by atoms with Crippen LogP contribution in [0, 0.1) is 0 Å². The van der Waals surface area contributed by atoms with Crippen molar-refractivity contribution in [3.8, 4) is 17.3 Å². The quantitative estimate of drug-likeness (QED) is 0.343. The number of ether oxygens (including phenoxy) is 1. The van der Waals surface area contributed by atoms with Crippen LogP contribution < -0.4 is 16.0 Å². The fraction of sp³-hybridized carbons (Fsp3) is 0.273. The summed E-state index contributed by atoms with van der Waals surface area (Å²) in [5, 5.41) is 9.46. The number of aryl methyl sites for hydroxylation is 1. The first kappa shape index (κ1) is 26.3. The summed E-state index contributed by atoms with van der Waals surface area (Å²) < 4.78 is 71.3. The number of hydrogen-bond acceptors (Lipinski definition) is 6. The number of halogens is 6. The number of benzene rings is 1. The van der Waals surface area contributed by atoms with Crippen molar-refractivity contribution in [2.75, 3.05) is 0 Å². The largest absolute Gasteiger partial charge is 0.472 e. The molecule has 15 heteroatoms. The van der Waals surface area contributed by atoms with Gasteiger partial charge in [-0.2, -0.15) is 13.2 Å². The molecule has 4 aromatic rings. The van der Waals surface area contributed by atoms with Crippen molar-refractivity contribution < 1.29 is 31.8 Å². The minimum absolute atomic E-state index is 0.00479. The van der Waals surface area contributed by atoms with Gasteiger partial charge in [-0.3, -0.25) is 14.3 Å². The highest BCUT2D eigenvalue weighted by molar-refractivity contribution is 6.32. The molecule has 0 radical (unpaired) electrons. The van der Waals surface area contributed by atoms with Crippen molar-refractivity contribution in [1.29, 1.82) is 0 Å². The van der Waals surface area contributed by atoms with Crippen molar-refractivity contribution in [3.05, 3.63) is 73.5 Å². The van der Waals surface area contributed by atoms with Gasteiger partial charge in [0, 0.05) is 24.4 Å². The Bertz CT molecular complexity index is 1560. The second kappa shape index (κ2) is 9.94. The van der Waals surface area contributed by atoms with Gasteiger partial charge in [-0.1, -0.05) is 35.9 Å². The van der Waals surface area contributed by atoms with E-state index in [9.17, 15) is 36.6 Å². The Kier molecular flexibility index (Phi) is 7.06. The lowest BCUT2D eigenvalue weighted by atomic mass is 10.1. The van der Waals surface area contributed by atoms with Crippen LogP contribution in [0.4, 0.5) is 22.0 Å². The molecule has 0 fully saturated rings. The molecule has 2 N–H and O–H groups in total. The minimum atomic E-state index is -5.00. The Morgan fingerprint density at radius 1 is 1.19 bits per heavy atom. The van der Waals surface area contributed by atoms with Crippen LogP contribution in [0.5, 0.6) is 5.88 Å². The number of aromatic amines is 1. The van der Waals surface area contributed by atoms with E-state index < -0.39 is 36.5 Å². The molecule has 1 unspecified atom stereocenters. The third-order valence-electron chi connectivity index (χ3n) is 5.42. The normalized spacial score (nSPS) is 12.9. The molecule has 3 heterocycles. The molecule has 0 bridgehead atoms. The number of alkyl halides is 5. The molecule has 0 saturated carbocycles. The summed E-state index contributed by atoms with van der Waals surface area (Å²) in [4.78, 5) is 34.8. The fourth-order valence-electron chi connectivity index (χ4n) is 3.52. The summed E-state index contributed by atoms with van der Waals surface area (Å²) in [6, 6.07) is 6.85. The summed E-state index contributed by atoms with van der Waals surface area (Å²) in [5.74, 6) is 0.0510. The van der Waals surface area contributed by atoms with Crippen LogP contribution >= 0.6 is 11.6 Å². The third-order valence-corrected chi connectivity index (χ3v) is 5.69. The van der Waals surface area contributed by atoms with Gasteiger partial charge in [0.25, 0.3) is 12.0 Å². The van der Waals surface area contributed by atoms with Crippen LogP contribution in [-0.4, -0.2) is 41.5 Å². The van der Waals surface area contributed by atoms with Gasteiger partial charge >= 0.3 is 11.9 Å². The molecule has 0 aliphatic carbocycles. The SMILES string of the molecule is Cn1c(-c2cnc(OCc3ccc(C(F)F)cc3)c(Cl)c2)nc2c1c(=O)[nH]c(=O)n2CC(O)C(F)(F)F. The van der Waals surface area contributed by atoms with E-state index in [1.165, 1.54) is 48.1 Å². The predicted molar refractivity (Wildman–Crippen MR) is 122 cm³/mol. The van der Waals surface area contributed by atoms with Crippen LogP contribution in [0.3, 0.4) is 0 Å². The number of rotatable bonds is 7. The zero-order valence-corrected chi connectivity index (χ0v) is 19.5. The van der Waals surface area contributed by atoms with E-state index in [0.29, 0.717) is 10.1 Å². The molecule has 4 rings (SSSR count). The molecule has 0 spiro atoms. The van der Waals surface area contributed by atoms with Crippen molar-refractivity contribution in [3.63, 3.8) is 0 Å². The lowest BCUT2D eigenvalue weighted by Gasteiger charge is -2.15. The maximum Gasteiger partial charge on any atom is 0.416 e. The zero-order valence-electron chi connectivity index (χ0n) is 18.8. The molecular formula is C22H17ClF5N5O4. The number of aromatic nitrogens is 5. The van der Waals surface area contributed by atoms with E-state index >= 15 is 0 Å². The molecule has 9 nitrogen and oxygen atoms in total. The van der Waals surface area contributed by atoms with Crippen molar-refractivity contribution in [2.24, 2.45) is 7.05 Å². The Morgan fingerprint density at radius 3 is 2.46 bits per heavy atom. The van der Waals surface area contributed by atoms with Crippen LogP contribution in [0.1, 0.15) is 17.6 Å². The molecule has 0 aliphatic heterocycles. The van der Waals surface area contributed by atoms with Gasteiger partial charge in [0.1, 0.15) is 17.5 Å². The molecule has 3 aromatic heterocycles. The number of aliphatic hydroxyl groups excluding tert-OH is 1. The van der Waals surface area contributed by atoms with E-state index in [2.05, 4.69) is 9.97 Å². The highest BCUT2D eigenvalue weighted by atomic mass is 35.5. The van der Waals surface area contributed by atoms with Crippen molar-refractivity contribution in [1.82, 2.24) is 24.1 Å². The molecule has 1 atom stereocenters. The van der Waals surface area contributed by atoms with Crippen LogP contribution in [0.15, 0.2) is 46.1 Å². The highest BCUT2D eigenvalue weighted by Gasteiger charge is 2.39. The Balaban J connectivity index is 1.65. The predicted octanol–water partition coefficient (Wildman–Crippen LogP) is 3.58. The maximum atomic E-state index is 12.9. The van der Waals surface area contributed by atoms with E-state index in [1.54, 1.807) is 0 Å². The smallest absolute Gasteiger partial charge is 0.416 e. The van der Waals surface area contributed by atoms with Gasteiger partial charge in [0.2, 0.25) is 5.88 Å². The molecule has 0 aliphatic rings. The molecule has 1 aromatic carbocycles. The van der Waals surface area contributed by atoms with Gasteiger partial charge in [-0.25, -0.2) is 23.5 Å². The van der Waals surface area contributed by atoms with Gasteiger partial charge in [0.05, 0.1) is 6.54 Å². The van der Waals surface area contributed by atoms with Crippen molar-refractivity contribution >= 4 is 22.8 Å². The average Bonchev–Trinajstić information content (AvgIpc) is 3.17. The van der Waals surface area contributed by atoms with Gasteiger partial charge < -0.3 is 14.4 Å². The second-order valence-electron chi connectivity index (χ2n) is 7.94. The second-order valence-corrected chi connectivity index (χ2v) is 8.34. The number of aliphatic hydroxyl groups is 1. The first-order chi connectivity index (χ1) is 17.4. The molecule has 196 valence electrons. The Morgan fingerprint density at radius 2 is 1.86 bits per heavy atom. The Hall–Kier alpha value is -3.78. The minimum Gasteiger partial charge on any atom is -0.472 e. The van der Waals surface area contributed by atoms with E-state index in [-0.39, 0.29) is 45.6 Å². The summed E-state index contributed by atoms with van der Waals surface area (Å²) >= 11 is 6.27. The summed E-state index contributed by atoms with van der Waals surface area (Å²) in [6.45, 7) is -1.21. The molecule has 37 heavy (non-hydrogen) atoms. The topological polar surface area (TPSA) is 115 Å². The van der Waals surface area contributed by atoms with Crippen LogP contribution in [0.25, 0.3) is 22.6 Å². The van der Waals surface area contributed by atoms with E-state index in [0.717, 1.165) is 0 Å². The zero-order chi connectivity index (χ0) is 27.1. The lowest BCUT2D eigenvalue weighted by molar-refractivity contribution is -0.207. The number of hydrogen-bond donors (Lipinski definition) is 2. The third kappa shape index (κ3) is 5.34.